The van der Waals surface area contributed by atoms with Crippen LogP contribution in [-0.2, 0) is 14.3 Å². The van der Waals surface area contributed by atoms with Crippen molar-refractivity contribution in [1.82, 2.24) is 4.57 Å². The van der Waals surface area contributed by atoms with Gasteiger partial charge in [0.2, 0.25) is 0 Å². The molecule has 0 unspecified atom stereocenters. The van der Waals surface area contributed by atoms with Crippen molar-refractivity contribution in [2.24, 2.45) is 0 Å². The maximum absolute atomic E-state index is 12.7. The van der Waals surface area contributed by atoms with Gasteiger partial charge in [0.25, 0.3) is 0 Å². The molecule has 5 nitrogen and oxygen atoms in total. The van der Waals surface area contributed by atoms with Gasteiger partial charge >= 0.3 is 12.1 Å². The Bertz CT molecular complexity index is 970. The molecule has 0 atom stereocenters. The van der Waals surface area contributed by atoms with Crippen LogP contribution in [0.15, 0.2) is 60.7 Å². The maximum atomic E-state index is 12.7. The smallest absolute Gasteiger partial charge is 0.418 e. The Morgan fingerprint density at radius 3 is 2.42 bits per heavy atom. The van der Waals surface area contributed by atoms with Crippen molar-refractivity contribution < 1.29 is 19.1 Å². The normalized spacial score (nSPS) is 11.0. The molecule has 0 amide bonds. The number of benzene rings is 2. The van der Waals surface area contributed by atoms with Gasteiger partial charge in [-0.3, -0.25) is 0 Å². The summed E-state index contributed by atoms with van der Waals surface area (Å²) in [6.45, 7) is 2.04. The highest BCUT2D eigenvalue weighted by Crippen LogP contribution is 2.35. The Hall–Kier alpha value is -3.34. The van der Waals surface area contributed by atoms with Crippen molar-refractivity contribution in [3.05, 3.63) is 66.2 Å². The van der Waals surface area contributed by atoms with Crippen LogP contribution in [0, 0.1) is 0 Å². The lowest BCUT2D eigenvalue weighted by Gasteiger charge is -2.10. The number of hydrogen-bond acceptors (Lipinski definition) is 4. The first-order valence-electron chi connectivity index (χ1n) is 8.29. The van der Waals surface area contributed by atoms with Gasteiger partial charge < -0.3 is 9.47 Å². The van der Waals surface area contributed by atoms with E-state index in [4.69, 9.17) is 9.47 Å². The highest BCUT2D eigenvalue weighted by atomic mass is 16.5. The van der Waals surface area contributed by atoms with Gasteiger partial charge in [0.1, 0.15) is 0 Å². The summed E-state index contributed by atoms with van der Waals surface area (Å²) in [4.78, 5) is 24.3. The summed E-state index contributed by atoms with van der Waals surface area (Å²) in [5.41, 5.74) is 2.99. The monoisotopic (exact) mass is 349 g/mol. The van der Waals surface area contributed by atoms with Crippen molar-refractivity contribution in [3.63, 3.8) is 0 Å². The van der Waals surface area contributed by atoms with Crippen LogP contribution >= 0.6 is 0 Å². The molecule has 2 aromatic carbocycles. The predicted molar refractivity (Wildman–Crippen MR) is 101 cm³/mol. The molecule has 26 heavy (non-hydrogen) atoms. The largest absolute Gasteiger partial charge is 0.466 e. The molecular weight excluding hydrogens is 330 g/mol. The zero-order valence-electron chi connectivity index (χ0n) is 14.6. The molecule has 0 radical (unpaired) electrons. The third-order valence-corrected chi connectivity index (χ3v) is 4.00. The van der Waals surface area contributed by atoms with Crippen LogP contribution in [0.5, 0.6) is 0 Å². The van der Waals surface area contributed by atoms with Crippen molar-refractivity contribution >= 4 is 29.0 Å². The molecule has 0 saturated carbocycles. The Balaban J connectivity index is 2.34. The highest BCUT2D eigenvalue weighted by molar-refractivity contribution is 6.05. The Morgan fingerprint density at radius 2 is 1.73 bits per heavy atom. The third kappa shape index (κ3) is 3.24. The molecule has 3 aromatic rings. The van der Waals surface area contributed by atoms with Gasteiger partial charge in [0, 0.05) is 17.0 Å². The quantitative estimate of drug-likeness (QED) is 0.514. The van der Waals surface area contributed by atoms with E-state index < -0.39 is 12.1 Å². The number of aromatic nitrogens is 1. The van der Waals surface area contributed by atoms with E-state index in [1.807, 2.05) is 54.6 Å². The van der Waals surface area contributed by atoms with Gasteiger partial charge in [-0.15, -0.1) is 0 Å². The van der Waals surface area contributed by atoms with Crippen molar-refractivity contribution in [3.8, 4) is 11.3 Å². The summed E-state index contributed by atoms with van der Waals surface area (Å²) >= 11 is 0. The van der Waals surface area contributed by atoms with E-state index in [0.717, 1.165) is 16.5 Å². The molecule has 0 fully saturated rings. The maximum Gasteiger partial charge on any atom is 0.418 e. The first kappa shape index (κ1) is 17.5. The summed E-state index contributed by atoms with van der Waals surface area (Å²) in [6.07, 6.45) is 2.57. The summed E-state index contributed by atoms with van der Waals surface area (Å²) in [5.74, 6) is -0.461. The minimum atomic E-state index is -0.461. The van der Waals surface area contributed by atoms with Crippen LogP contribution in [0.25, 0.3) is 28.2 Å². The molecule has 0 bridgehead atoms. The van der Waals surface area contributed by atoms with Gasteiger partial charge in [0.05, 0.1) is 24.9 Å². The number of nitrogens with zero attached hydrogens (tertiary/aromatic N) is 1. The number of carbonyl (C=O) groups is 2. The third-order valence-electron chi connectivity index (χ3n) is 4.00. The Kier molecular flexibility index (Phi) is 5.17. The molecule has 0 aliphatic rings. The summed E-state index contributed by atoms with van der Waals surface area (Å²) in [5, 5.41) is 0.847. The molecule has 0 N–H and O–H groups in total. The minimum Gasteiger partial charge on any atom is -0.466 e. The van der Waals surface area contributed by atoms with Gasteiger partial charge in [-0.1, -0.05) is 48.5 Å². The number of rotatable bonds is 4. The number of hydrogen-bond donors (Lipinski definition) is 0. The van der Waals surface area contributed by atoms with Crippen LogP contribution in [0.2, 0.25) is 0 Å². The van der Waals surface area contributed by atoms with E-state index in [2.05, 4.69) is 0 Å². The number of para-hydroxylation sites is 1. The van der Waals surface area contributed by atoms with Crippen LogP contribution < -0.4 is 0 Å². The fourth-order valence-electron chi connectivity index (χ4n) is 2.91. The van der Waals surface area contributed by atoms with Gasteiger partial charge in [-0.25, -0.2) is 14.2 Å². The second-order valence-corrected chi connectivity index (χ2v) is 5.54. The standard InChI is InChI=1S/C21H19NO4/c1-3-26-21(24)22-18-12-8-7-11-16(18)17(13-14-19(23)25-2)20(22)15-9-5-4-6-10-15/h4-14H,3H2,1-2H3/b14-13+. The average Bonchev–Trinajstić information content (AvgIpc) is 3.01. The molecule has 1 heterocycles. The first-order valence-corrected chi connectivity index (χ1v) is 8.29. The predicted octanol–water partition coefficient (Wildman–Crippen LogP) is 4.50. The second-order valence-electron chi connectivity index (χ2n) is 5.54. The van der Waals surface area contributed by atoms with Crippen LogP contribution in [-0.4, -0.2) is 30.3 Å². The first-order chi connectivity index (χ1) is 12.7. The molecule has 1 aromatic heterocycles. The molecular formula is C21H19NO4. The number of methoxy groups -OCH3 is 1. The van der Waals surface area contributed by atoms with Crippen molar-refractivity contribution in [2.75, 3.05) is 13.7 Å². The van der Waals surface area contributed by atoms with E-state index in [1.165, 1.54) is 13.2 Å². The lowest BCUT2D eigenvalue weighted by atomic mass is 10.0. The van der Waals surface area contributed by atoms with Crippen molar-refractivity contribution in [1.29, 1.82) is 0 Å². The highest BCUT2D eigenvalue weighted by Gasteiger charge is 2.22. The van der Waals surface area contributed by atoms with Crippen LogP contribution in [0.4, 0.5) is 4.79 Å². The molecule has 0 spiro atoms. The van der Waals surface area contributed by atoms with Crippen LogP contribution in [0.1, 0.15) is 12.5 Å². The lowest BCUT2D eigenvalue weighted by molar-refractivity contribution is -0.134. The summed E-state index contributed by atoms with van der Waals surface area (Å²) < 4.78 is 11.5. The number of carbonyl (C=O) groups excluding carboxylic acids is 2. The van der Waals surface area contributed by atoms with Crippen molar-refractivity contribution in [2.45, 2.75) is 6.92 Å². The molecule has 0 aliphatic carbocycles. The van der Waals surface area contributed by atoms with Crippen LogP contribution in [0.3, 0.4) is 0 Å². The van der Waals surface area contributed by atoms with E-state index in [-0.39, 0.29) is 6.61 Å². The van der Waals surface area contributed by atoms with Gasteiger partial charge in [0.15, 0.2) is 0 Å². The minimum absolute atomic E-state index is 0.271. The zero-order chi connectivity index (χ0) is 18.5. The topological polar surface area (TPSA) is 57.5 Å². The number of fused-ring (bicyclic) bond motifs is 1. The Labute approximate surface area is 151 Å². The molecule has 0 aliphatic heterocycles. The molecule has 5 heteroatoms. The number of ether oxygens (including phenoxy) is 2. The van der Waals surface area contributed by atoms with E-state index in [9.17, 15) is 9.59 Å². The fourth-order valence-corrected chi connectivity index (χ4v) is 2.91. The Morgan fingerprint density at radius 1 is 1.04 bits per heavy atom. The SMILES string of the molecule is CCOC(=O)n1c(-c2ccccc2)c(/C=C/C(=O)OC)c2ccccc21. The molecule has 3 rings (SSSR count). The van der Waals surface area contributed by atoms with E-state index >= 15 is 0 Å². The fraction of sp³-hybridized carbons (Fsp3) is 0.143. The number of esters is 1. The van der Waals surface area contributed by atoms with Gasteiger partial charge in [-0.05, 0) is 24.6 Å². The van der Waals surface area contributed by atoms with Gasteiger partial charge in [-0.2, -0.15) is 0 Å². The zero-order valence-corrected chi connectivity index (χ0v) is 14.6. The van der Waals surface area contributed by atoms with E-state index in [0.29, 0.717) is 11.2 Å². The lowest BCUT2D eigenvalue weighted by Crippen LogP contribution is -2.14. The summed E-state index contributed by atoms with van der Waals surface area (Å²) in [7, 11) is 1.33. The molecule has 132 valence electrons. The van der Waals surface area contributed by atoms with E-state index in [1.54, 1.807) is 17.6 Å². The second kappa shape index (κ2) is 7.70. The molecule has 0 saturated heterocycles. The average molecular weight is 349 g/mol. The summed E-state index contributed by atoms with van der Waals surface area (Å²) in [6, 6.07) is 17.1.